The summed E-state index contributed by atoms with van der Waals surface area (Å²) in [6.07, 6.45) is -4.32. The Bertz CT molecular complexity index is 636. The molecule has 0 spiro atoms. The molecular weight excluding hydrogens is 349 g/mol. The second-order valence-electron chi connectivity index (χ2n) is 5.28. The van der Waals surface area contributed by atoms with E-state index in [1.165, 1.54) is 12.1 Å². The van der Waals surface area contributed by atoms with Gasteiger partial charge in [0.05, 0.1) is 5.56 Å². The van der Waals surface area contributed by atoms with Crippen LogP contribution in [0.5, 0.6) is 0 Å². The third-order valence-corrected chi connectivity index (χ3v) is 4.73. The van der Waals surface area contributed by atoms with E-state index in [4.69, 9.17) is 13.9 Å². The van der Waals surface area contributed by atoms with Gasteiger partial charge in [0.15, 0.2) is 9.76 Å². The summed E-state index contributed by atoms with van der Waals surface area (Å²) in [5.74, 6) is 0. The van der Waals surface area contributed by atoms with E-state index in [0.29, 0.717) is 13.2 Å². The Balaban J connectivity index is 1.99. The van der Waals surface area contributed by atoms with E-state index in [2.05, 4.69) is 0 Å². The lowest BCUT2D eigenvalue weighted by molar-refractivity contribution is -0.242. The quantitative estimate of drug-likeness (QED) is 0.526. The Kier molecular flexibility index (Phi) is 7.19. The van der Waals surface area contributed by atoms with Crippen molar-refractivity contribution in [2.75, 3.05) is 13.2 Å². The number of alkyl halides is 3. The van der Waals surface area contributed by atoms with Gasteiger partial charge < -0.3 is 13.9 Å². The summed E-state index contributed by atoms with van der Waals surface area (Å²) in [6.45, 7) is 4.11. The van der Waals surface area contributed by atoms with Crippen LogP contribution in [0, 0.1) is 0 Å². The summed E-state index contributed by atoms with van der Waals surface area (Å²) in [4.78, 5) is 0. The number of hydrogen-bond donors (Lipinski definition) is 0. The third kappa shape index (κ3) is 5.96. The van der Waals surface area contributed by atoms with Crippen molar-refractivity contribution in [1.82, 2.24) is 0 Å². The van der Waals surface area contributed by atoms with E-state index < -0.39 is 28.0 Å². The molecule has 0 fully saturated rings. The van der Waals surface area contributed by atoms with Crippen molar-refractivity contribution >= 4 is 14.9 Å². The Morgan fingerprint density at radius 2 is 1.32 bits per heavy atom. The number of halogens is 3. The van der Waals surface area contributed by atoms with Gasteiger partial charge in [-0.25, -0.2) is 0 Å². The average Bonchev–Trinajstić information content (AvgIpc) is 2.60. The van der Waals surface area contributed by atoms with Crippen LogP contribution >= 0.6 is 0 Å². The first-order valence-electron chi connectivity index (χ1n) is 8.05. The number of benzene rings is 2. The summed E-state index contributed by atoms with van der Waals surface area (Å²) in [6, 6.07) is 12.8. The van der Waals surface area contributed by atoms with E-state index in [1.807, 2.05) is 38.1 Å². The third-order valence-electron chi connectivity index (χ3n) is 3.49. The second-order valence-corrected chi connectivity index (χ2v) is 6.72. The number of ether oxygens (including phenoxy) is 2. The molecule has 0 unspecified atom stereocenters. The normalized spacial score (nSPS) is 12.4. The van der Waals surface area contributed by atoms with Gasteiger partial charge in [0.1, 0.15) is 0 Å². The minimum Gasteiger partial charge on any atom is -0.373 e. The standard InChI is InChI=1S/C18H21F3O3Si/c1-3-22-17(23-4-2)24-25-16-11-7-14(8-12-16)13-5-9-15(10-6-13)18(19,20)21/h5-12,17H,3-4,25H2,1-2H3. The van der Waals surface area contributed by atoms with E-state index in [1.54, 1.807) is 0 Å². The molecule has 0 saturated heterocycles. The molecule has 0 N–H and O–H groups in total. The SMILES string of the molecule is CCOC(OCC)O[SiH2]c1ccc(-c2ccc(C(F)(F)F)cc2)cc1. The van der Waals surface area contributed by atoms with Crippen LogP contribution in [0.3, 0.4) is 0 Å². The molecule has 3 nitrogen and oxygen atoms in total. The van der Waals surface area contributed by atoms with Crippen molar-refractivity contribution in [3.05, 3.63) is 54.1 Å². The minimum absolute atomic E-state index is 0.506. The first kappa shape index (κ1) is 19.6. The summed E-state index contributed by atoms with van der Waals surface area (Å²) < 4.78 is 54.2. The maximum absolute atomic E-state index is 12.6. The fourth-order valence-electron chi connectivity index (χ4n) is 2.23. The van der Waals surface area contributed by atoms with Crippen molar-refractivity contribution in [3.8, 4) is 11.1 Å². The van der Waals surface area contributed by atoms with Gasteiger partial charge in [-0.05, 0) is 42.3 Å². The van der Waals surface area contributed by atoms with E-state index in [9.17, 15) is 13.2 Å². The van der Waals surface area contributed by atoms with Crippen LogP contribution in [0.4, 0.5) is 13.2 Å². The first-order valence-corrected chi connectivity index (χ1v) is 9.34. The maximum Gasteiger partial charge on any atom is 0.416 e. The average molecular weight is 370 g/mol. The molecule has 0 aliphatic carbocycles. The summed E-state index contributed by atoms with van der Waals surface area (Å²) >= 11 is 0. The van der Waals surface area contributed by atoms with Crippen molar-refractivity contribution in [1.29, 1.82) is 0 Å². The van der Waals surface area contributed by atoms with Crippen LogP contribution in [0.2, 0.25) is 0 Å². The Labute approximate surface area is 147 Å². The Hall–Kier alpha value is -1.67. The first-order chi connectivity index (χ1) is 11.9. The lowest BCUT2D eigenvalue weighted by Crippen LogP contribution is -2.28. The summed E-state index contributed by atoms with van der Waals surface area (Å²) in [5, 5.41) is 1.06. The molecule has 2 aromatic carbocycles. The zero-order valence-corrected chi connectivity index (χ0v) is 15.6. The van der Waals surface area contributed by atoms with Crippen molar-refractivity contribution in [2.45, 2.75) is 26.5 Å². The zero-order valence-electron chi connectivity index (χ0n) is 14.2. The van der Waals surface area contributed by atoms with E-state index >= 15 is 0 Å². The second kappa shape index (κ2) is 9.14. The highest BCUT2D eigenvalue weighted by Gasteiger charge is 2.29. The Morgan fingerprint density at radius 1 is 0.840 bits per heavy atom. The lowest BCUT2D eigenvalue weighted by Gasteiger charge is -2.17. The highest BCUT2D eigenvalue weighted by molar-refractivity contribution is 6.46. The maximum atomic E-state index is 12.6. The molecular formula is C18H21F3O3Si. The van der Waals surface area contributed by atoms with Gasteiger partial charge in [0.25, 0.3) is 6.48 Å². The van der Waals surface area contributed by atoms with Crippen LogP contribution in [0.15, 0.2) is 48.5 Å². The molecule has 25 heavy (non-hydrogen) atoms. The lowest BCUT2D eigenvalue weighted by atomic mass is 10.0. The molecule has 2 rings (SSSR count). The highest BCUT2D eigenvalue weighted by atomic mass is 28.2. The predicted octanol–water partition coefficient (Wildman–Crippen LogP) is 3.45. The summed E-state index contributed by atoms with van der Waals surface area (Å²) in [5.41, 5.74) is 0.952. The molecule has 0 heterocycles. The summed E-state index contributed by atoms with van der Waals surface area (Å²) in [7, 11) is -1.02. The molecule has 2 aromatic rings. The molecule has 0 saturated carbocycles. The molecule has 0 aliphatic heterocycles. The van der Waals surface area contributed by atoms with Gasteiger partial charge in [-0.3, -0.25) is 0 Å². The molecule has 0 amide bonds. The van der Waals surface area contributed by atoms with Gasteiger partial charge in [0.2, 0.25) is 0 Å². The molecule has 0 aliphatic rings. The number of rotatable bonds is 8. The van der Waals surface area contributed by atoms with E-state index in [0.717, 1.165) is 28.4 Å². The molecule has 7 heteroatoms. The van der Waals surface area contributed by atoms with Crippen LogP contribution in [0.1, 0.15) is 19.4 Å². The molecule has 0 aromatic heterocycles. The van der Waals surface area contributed by atoms with Gasteiger partial charge in [0, 0.05) is 13.2 Å². The van der Waals surface area contributed by atoms with Gasteiger partial charge in [-0.15, -0.1) is 0 Å². The van der Waals surface area contributed by atoms with Crippen molar-refractivity contribution < 1.29 is 27.1 Å². The minimum atomic E-state index is -4.32. The zero-order chi connectivity index (χ0) is 18.3. The molecule has 0 bridgehead atoms. The predicted molar refractivity (Wildman–Crippen MR) is 93.2 cm³/mol. The molecule has 136 valence electrons. The van der Waals surface area contributed by atoms with Crippen LogP contribution in [-0.4, -0.2) is 29.5 Å². The van der Waals surface area contributed by atoms with Crippen LogP contribution in [0.25, 0.3) is 11.1 Å². The van der Waals surface area contributed by atoms with Crippen molar-refractivity contribution in [3.63, 3.8) is 0 Å². The van der Waals surface area contributed by atoms with Crippen LogP contribution in [-0.2, 0) is 20.1 Å². The highest BCUT2D eigenvalue weighted by Crippen LogP contribution is 2.30. The van der Waals surface area contributed by atoms with E-state index in [-0.39, 0.29) is 0 Å². The smallest absolute Gasteiger partial charge is 0.373 e. The van der Waals surface area contributed by atoms with Gasteiger partial charge >= 0.3 is 6.18 Å². The topological polar surface area (TPSA) is 27.7 Å². The van der Waals surface area contributed by atoms with Crippen molar-refractivity contribution in [2.24, 2.45) is 0 Å². The monoisotopic (exact) mass is 370 g/mol. The fraction of sp³-hybridized carbons (Fsp3) is 0.333. The molecule has 0 radical (unpaired) electrons. The fourth-order valence-corrected chi connectivity index (χ4v) is 3.17. The van der Waals surface area contributed by atoms with Gasteiger partial charge in [-0.2, -0.15) is 13.2 Å². The van der Waals surface area contributed by atoms with Crippen LogP contribution < -0.4 is 5.19 Å². The van der Waals surface area contributed by atoms with Gasteiger partial charge in [-0.1, -0.05) is 36.4 Å². The largest absolute Gasteiger partial charge is 0.416 e. The molecule has 0 atom stereocenters. The Morgan fingerprint density at radius 3 is 1.76 bits per heavy atom. The number of hydrogen-bond acceptors (Lipinski definition) is 3.